The molecule has 2 N–H and O–H groups in total. The lowest BCUT2D eigenvalue weighted by atomic mass is 10.3. The molecule has 1 heterocycles. The van der Waals surface area contributed by atoms with Crippen molar-refractivity contribution in [2.75, 3.05) is 5.73 Å². The Labute approximate surface area is 54.7 Å². The van der Waals surface area contributed by atoms with Crippen molar-refractivity contribution in [1.29, 1.82) is 0 Å². The molecule has 1 aromatic rings. The molecule has 0 aliphatic rings. The van der Waals surface area contributed by atoms with Crippen LogP contribution in [0.5, 0.6) is 0 Å². The van der Waals surface area contributed by atoms with Crippen molar-refractivity contribution in [3.63, 3.8) is 0 Å². The van der Waals surface area contributed by atoms with Crippen LogP contribution in [0.1, 0.15) is 12.6 Å². The fourth-order valence-corrected chi connectivity index (χ4v) is 0.645. The Hall–Kier alpha value is -1.05. The van der Waals surface area contributed by atoms with E-state index in [0.29, 0.717) is 0 Å². The molecule has 0 bridgehead atoms. The average Bonchev–Trinajstić information content (AvgIpc) is 1.90. The summed E-state index contributed by atoms with van der Waals surface area (Å²) in [7, 11) is 0. The van der Waals surface area contributed by atoms with Crippen LogP contribution in [-0.2, 0) is 6.42 Å². The molecule has 0 aliphatic heterocycles. The van der Waals surface area contributed by atoms with Gasteiger partial charge in [0, 0.05) is 5.69 Å². The summed E-state index contributed by atoms with van der Waals surface area (Å²) in [5.41, 5.74) is 7.23. The smallest absolute Gasteiger partial charge is 0.0501 e. The zero-order valence-corrected chi connectivity index (χ0v) is 5.46. The predicted molar refractivity (Wildman–Crippen MR) is 38.0 cm³/mol. The quantitative estimate of drug-likeness (QED) is 0.608. The van der Waals surface area contributed by atoms with Gasteiger partial charge in [0.2, 0.25) is 0 Å². The summed E-state index contributed by atoms with van der Waals surface area (Å²) >= 11 is 0. The molecule has 0 saturated carbocycles. The summed E-state index contributed by atoms with van der Waals surface area (Å²) in [6.07, 6.45) is 2.65. The minimum atomic E-state index is 0.729. The molecule has 0 aromatic carbocycles. The van der Waals surface area contributed by atoms with E-state index in [0.717, 1.165) is 17.8 Å². The third-order valence-electron chi connectivity index (χ3n) is 1.21. The normalized spacial score (nSPS) is 9.44. The highest BCUT2D eigenvalue weighted by Crippen LogP contribution is 2.00. The summed E-state index contributed by atoms with van der Waals surface area (Å²) in [5, 5.41) is 0. The lowest BCUT2D eigenvalue weighted by molar-refractivity contribution is 1.04. The van der Waals surface area contributed by atoms with Gasteiger partial charge in [-0.3, -0.25) is 4.98 Å². The molecule has 2 nitrogen and oxygen atoms in total. The highest BCUT2D eigenvalue weighted by Gasteiger charge is 1.86. The Balaban J connectivity index is 2.88. The van der Waals surface area contributed by atoms with Gasteiger partial charge < -0.3 is 5.73 Å². The molecule has 1 aromatic heterocycles. The van der Waals surface area contributed by atoms with Gasteiger partial charge in [0.05, 0.1) is 11.9 Å². The summed E-state index contributed by atoms with van der Waals surface area (Å²) < 4.78 is 0. The zero-order chi connectivity index (χ0) is 6.69. The number of aromatic nitrogens is 1. The molecular weight excluding hydrogens is 112 g/mol. The van der Waals surface area contributed by atoms with Gasteiger partial charge in [-0.1, -0.05) is 6.92 Å². The fraction of sp³-hybridized carbons (Fsp3) is 0.286. The van der Waals surface area contributed by atoms with Crippen LogP contribution in [0.2, 0.25) is 0 Å². The van der Waals surface area contributed by atoms with E-state index in [2.05, 4.69) is 11.9 Å². The second kappa shape index (κ2) is 2.49. The van der Waals surface area contributed by atoms with Crippen molar-refractivity contribution < 1.29 is 0 Å². The zero-order valence-electron chi connectivity index (χ0n) is 5.46. The first kappa shape index (κ1) is 6.08. The van der Waals surface area contributed by atoms with Crippen LogP contribution in [0.4, 0.5) is 5.69 Å². The van der Waals surface area contributed by atoms with Crippen LogP contribution in [0, 0.1) is 0 Å². The fourth-order valence-electron chi connectivity index (χ4n) is 0.645. The Bertz CT molecular complexity index is 179. The highest BCUT2D eigenvalue weighted by atomic mass is 14.7. The van der Waals surface area contributed by atoms with E-state index in [1.54, 1.807) is 6.20 Å². The van der Waals surface area contributed by atoms with Crippen LogP contribution in [0.15, 0.2) is 18.3 Å². The first-order chi connectivity index (χ1) is 4.33. The second-order valence-electron chi connectivity index (χ2n) is 1.94. The monoisotopic (exact) mass is 122 g/mol. The molecule has 48 valence electrons. The number of nitrogens with two attached hydrogens (primary N) is 1. The lowest BCUT2D eigenvalue weighted by Crippen LogP contribution is -1.89. The van der Waals surface area contributed by atoms with Crippen molar-refractivity contribution in [3.8, 4) is 0 Å². The molecule has 0 saturated heterocycles. The average molecular weight is 122 g/mol. The molecule has 2 heteroatoms. The first-order valence-electron chi connectivity index (χ1n) is 3.03. The van der Waals surface area contributed by atoms with E-state index in [1.807, 2.05) is 12.1 Å². The van der Waals surface area contributed by atoms with Crippen LogP contribution in [-0.4, -0.2) is 4.98 Å². The van der Waals surface area contributed by atoms with Crippen molar-refractivity contribution in [2.24, 2.45) is 0 Å². The van der Waals surface area contributed by atoms with Gasteiger partial charge in [-0.15, -0.1) is 0 Å². The van der Waals surface area contributed by atoms with E-state index >= 15 is 0 Å². The van der Waals surface area contributed by atoms with E-state index in [4.69, 9.17) is 5.73 Å². The van der Waals surface area contributed by atoms with E-state index in [-0.39, 0.29) is 0 Å². The van der Waals surface area contributed by atoms with E-state index in [9.17, 15) is 0 Å². The largest absolute Gasteiger partial charge is 0.397 e. The summed E-state index contributed by atoms with van der Waals surface area (Å²) in [4.78, 5) is 4.07. The minimum absolute atomic E-state index is 0.729. The number of hydrogen-bond acceptors (Lipinski definition) is 2. The molecule has 0 aliphatic carbocycles. The standard InChI is InChI=1S/C7H10N2/c1-2-7-4-3-6(8)5-9-7/h3-5H,2,8H2,1H3. The van der Waals surface area contributed by atoms with Crippen LogP contribution < -0.4 is 5.73 Å². The topological polar surface area (TPSA) is 38.9 Å². The molecule has 0 radical (unpaired) electrons. The lowest BCUT2D eigenvalue weighted by Gasteiger charge is -1.93. The number of nitrogens with zero attached hydrogens (tertiary/aromatic N) is 1. The van der Waals surface area contributed by atoms with Gasteiger partial charge in [-0.2, -0.15) is 0 Å². The minimum Gasteiger partial charge on any atom is -0.397 e. The maximum absolute atomic E-state index is 5.42. The second-order valence-corrected chi connectivity index (χ2v) is 1.94. The number of aryl methyl sites for hydroxylation is 1. The van der Waals surface area contributed by atoms with Crippen LogP contribution in [0.3, 0.4) is 0 Å². The summed E-state index contributed by atoms with van der Waals surface area (Å²) in [6, 6.07) is 3.81. The first-order valence-corrected chi connectivity index (χ1v) is 3.03. The van der Waals surface area contributed by atoms with Crippen molar-refractivity contribution in [1.82, 2.24) is 4.98 Å². The third kappa shape index (κ3) is 1.42. The number of nitrogen functional groups attached to an aromatic ring is 1. The molecular formula is C7H10N2. The molecule has 0 spiro atoms. The summed E-state index contributed by atoms with van der Waals surface area (Å²) in [5.74, 6) is 0. The van der Waals surface area contributed by atoms with Gasteiger partial charge >= 0.3 is 0 Å². The maximum Gasteiger partial charge on any atom is 0.0501 e. The Kier molecular flexibility index (Phi) is 1.68. The van der Waals surface area contributed by atoms with Crippen LogP contribution >= 0.6 is 0 Å². The van der Waals surface area contributed by atoms with Gasteiger partial charge in [0.1, 0.15) is 0 Å². The number of rotatable bonds is 1. The molecule has 0 amide bonds. The Morgan fingerprint density at radius 2 is 2.33 bits per heavy atom. The van der Waals surface area contributed by atoms with Crippen molar-refractivity contribution >= 4 is 5.69 Å². The predicted octanol–water partition coefficient (Wildman–Crippen LogP) is 1.23. The number of hydrogen-bond donors (Lipinski definition) is 1. The maximum atomic E-state index is 5.42. The molecule has 1 rings (SSSR count). The van der Waals surface area contributed by atoms with Crippen molar-refractivity contribution in [2.45, 2.75) is 13.3 Å². The molecule has 0 unspecified atom stereocenters. The molecule has 9 heavy (non-hydrogen) atoms. The Morgan fingerprint density at radius 3 is 2.78 bits per heavy atom. The number of anilines is 1. The van der Waals surface area contributed by atoms with Gasteiger partial charge in [0.25, 0.3) is 0 Å². The molecule has 0 fully saturated rings. The molecule has 0 atom stereocenters. The van der Waals surface area contributed by atoms with Gasteiger partial charge in [0.15, 0.2) is 0 Å². The summed E-state index contributed by atoms with van der Waals surface area (Å²) in [6.45, 7) is 2.07. The SMILES string of the molecule is CCc1ccc(N)cn1. The number of pyridine rings is 1. The van der Waals surface area contributed by atoms with Crippen LogP contribution in [0.25, 0.3) is 0 Å². The Morgan fingerprint density at radius 1 is 1.56 bits per heavy atom. The van der Waals surface area contributed by atoms with Crippen molar-refractivity contribution in [3.05, 3.63) is 24.0 Å². The van der Waals surface area contributed by atoms with E-state index < -0.39 is 0 Å². The third-order valence-corrected chi connectivity index (χ3v) is 1.21. The highest BCUT2D eigenvalue weighted by molar-refractivity contribution is 5.34. The van der Waals surface area contributed by atoms with E-state index in [1.165, 1.54) is 0 Å². The van der Waals surface area contributed by atoms with Gasteiger partial charge in [-0.05, 0) is 18.6 Å². The van der Waals surface area contributed by atoms with Gasteiger partial charge in [-0.25, -0.2) is 0 Å².